The maximum absolute atomic E-state index is 13.8. The number of aliphatic hydroxyl groups is 1. The van der Waals surface area contributed by atoms with Crippen molar-refractivity contribution in [3.63, 3.8) is 0 Å². The zero-order chi connectivity index (χ0) is 23.5. The van der Waals surface area contributed by atoms with Gasteiger partial charge in [0, 0.05) is 32.2 Å². The molecule has 2 aliphatic heterocycles. The van der Waals surface area contributed by atoms with Crippen LogP contribution >= 0.6 is 0 Å². The van der Waals surface area contributed by atoms with E-state index >= 15 is 0 Å². The molecular weight excluding hydrogens is 437 g/mol. The average Bonchev–Trinajstić information content (AvgIpc) is 2.79. The Hall–Kier alpha value is -1.84. The summed E-state index contributed by atoms with van der Waals surface area (Å²) in [7, 11) is 0. The van der Waals surface area contributed by atoms with Gasteiger partial charge in [0.2, 0.25) is 5.91 Å². The highest BCUT2D eigenvalue weighted by Gasteiger charge is 2.45. The fourth-order valence-electron chi connectivity index (χ4n) is 5.60. The summed E-state index contributed by atoms with van der Waals surface area (Å²) in [5.41, 5.74) is -0.894. The Balaban J connectivity index is 1.53. The molecule has 1 atom stereocenters. The fourth-order valence-corrected chi connectivity index (χ4v) is 5.60. The van der Waals surface area contributed by atoms with Crippen molar-refractivity contribution in [1.29, 1.82) is 0 Å². The summed E-state index contributed by atoms with van der Waals surface area (Å²) in [4.78, 5) is 17.9. The SMILES string of the molecule is O=C([C@@H](c1cccc(OC(F)(F)F)c1)C1(O)CCCCC1)N1CCC(N2CCOCC2)CC1. The van der Waals surface area contributed by atoms with Crippen LogP contribution in [-0.2, 0) is 9.53 Å². The number of piperidine rings is 1. The first-order valence-corrected chi connectivity index (χ1v) is 11.9. The summed E-state index contributed by atoms with van der Waals surface area (Å²) in [6.07, 6.45) is 0.334. The van der Waals surface area contributed by atoms with Gasteiger partial charge in [0.1, 0.15) is 5.75 Å². The van der Waals surface area contributed by atoms with Crippen LogP contribution in [0, 0.1) is 0 Å². The van der Waals surface area contributed by atoms with Crippen molar-refractivity contribution in [2.24, 2.45) is 0 Å². The largest absolute Gasteiger partial charge is 0.573 e. The van der Waals surface area contributed by atoms with E-state index in [4.69, 9.17) is 4.74 Å². The molecule has 6 nitrogen and oxygen atoms in total. The zero-order valence-electron chi connectivity index (χ0n) is 18.9. The van der Waals surface area contributed by atoms with E-state index in [0.717, 1.165) is 58.4 Å². The Morgan fingerprint density at radius 3 is 2.39 bits per heavy atom. The van der Waals surface area contributed by atoms with E-state index in [9.17, 15) is 23.1 Å². The molecule has 2 heterocycles. The highest BCUT2D eigenvalue weighted by Crippen LogP contribution is 2.42. The van der Waals surface area contributed by atoms with Gasteiger partial charge < -0.3 is 19.5 Å². The highest BCUT2D eigenvalue weighted by atomic mass is 19.4. The number of carbonyl (C=O) groups excluding carboxylic acids is 1. The van der Waals surface area contributed by atoms with Gasteiger partial charge in [0.05, 0.1) is 24.7 Å². The minimum absolute atomic E-state index is 0.205. The van der Waals surface area contributed by atoms with Crippen LogP contribution in [0.3, 0.4) is 0 Å². The van der Waals surface area contributed by atoms with E-state index in [1.165, 1.54) is 18.2 Å². The van der Waals surface area contributed by atoms with Gasteiger partial charge in [-0.3, -0.25) is 9.69 Å². The predicted molar refractivity (Wildman–Crippen MR) is 116 cm³/mol. The number of rotatable bonds is 5. The predicted octanol–water partition coefficient (Wildman–Crippen LogP) is 3.69. The minimum Gasteiger partial charge on any atom is -0.406 e. The molecule has 3 fully saturated rings. The summed E-state index contributed by atoms with van der Waals surface area (Å²) in [5.74, 6) is -1.48. The number of halogens is 3. The summed E-state index contributed by atoms with van der Waals surface area (Å²) in [6, 6.07) is 5.95. The van der Waals surface area contributed by atoms with E-state index < -0.39 is 17.9 Å². The molecule has 0 radical (unpaired) electrons. The van der Waals surface area contributed by atoms with Crippen molar-refractivity contribution in [3.8, 4) is 5.75 Å². The maximum atomic E-state index is 13.8. The Kier molecular flexibility index (Phi) is 7.50. The Morgan fingerprint density at radius 2 is 1.76 bits per heavy atom. The van der Waals surface area contributed by atoms with Gasteiger partial charge in [-0.15, -0.1) is 13.2 Å². The van der Waals surface area contributed by atoms with Crippen molar-refractivity contribution in [2.45, 2.75) is 68.9 Å². The van der Waals surface area contributed by atoms with Crippen LogP contribution < -0.4 is 4.74 Å². The molecule has 3 aliphatic rings. The minimum atomic E-state index is -4.82. The van der Waals surface area contributed by atoms with E-state index in [1.54, 1.807) is 11.0 Å². The van der Waals surface area contributed by atoms with Crippen molar-refractivity contribution in [3.05, 3.63) is 29.8 Å². The molecule has 1 aromatic rings. The molecule has 0 spiro atoms. The summed E-state index contributed by atoms with van der Waals surface area (Å²) >= 11 is 0. The van der Waals surface area contributed by atoms with Crippen LogP contribution in [0.25, 0.3) is 0 Å². The first-order chi connectivity index (χ1) is 15.8. The van der Waals surface area contributed by atoms with Gasteiger partial charge in [-0.1, -0.05) is 31.4 Å². The van der Waals surface area contributed by atoms with Crippen molar-refractivity contribution >= 4 is 5.91 Å². The van der Waals surface area contributed by atoms with Gasteiger partial charge >= 0.3 is 6.36 Å². The van der Waals surface area contributed by atoms with Gasteiger partial charge in [-0.2, -0.15) is 0 Å². The Bertz CT molecular complexity index is 799. The quantitative estimate of drug-likeness (QED) is 0.711. The van der Waals surface area contributed by atoms with E-state index in [-0.39, 0.29) is 11.7 Å². The molecule has 33 heavy (non-hydrogen) atoms. The molecule has 2 saturated heterocycles. The second-order valence-electron chi connectivity index (χ2n) is 9.42. The van der Waals surface area contributed by atoms with E-state index in [0.29, 0.717) is 37.5 Å². The second kappa shape index (κ2) is 10.2. The van der Waals surface area contributed by atoms with E-state index in [1.807, 2.05) is 0 Å². The lowest BCUT2D eigenvalue weighted by Crippen LogP contribution is -2.53. The van der Waals surface area contributed by atoms with Crippen molar-refractivity contribution in [2.75, 3.05) is 39.4 Å². The van der Waals surface area contributed by atoms with Crippen LogP contribution in [0.15, 0.2) is 24.3 Å². The third-order valence-electron chi connectivity index (χ3n) is 7.27. The van der Waals surface area contributed by atoms with E-state index in [2.05, 4.69) is 9.64 Å². The molecule has 1 saturated carbocycles. The molecule has 184 valence electrons. The Morgan fingerprint density at radius 1 is 1.09 bits per heavy atom. The number of morpholine rings is 1. The van der Waals surface area contributed by atoms with Crippen LogP contribution in [0.4, 0.5) is 13.2 Å². The monoisotopic (exact) mass is 470 g/mol. The lowest BCUT2D eigenvalue weighted by molar-refractivity contribution is -0.274. The third kappa shape index (κ3) is 6.00. The number of likely N-dealkylation sites (tertiary alicyclic amines) is 1. The van der Waals surface area contributed by atoms with Crippen molar-refractivity contribution < 1.29 is 32.5 Å². The number of ether oxygens (including phenoxy) is 2. The number of amides is 1. The van der Waals surface area contributed by atoms with Crippen LogP contribution in [0.1, 0.15) is 56.4 Å². The van der Waals surface area contributed by atoms with Gasteiger partial charge in [-0.25, -0.2) is 0 Å². The first-order valence-electron chi connectivity index (χ1n) is 11.9. The maximum Gasteiger partial charge on any atom is 0.573 e. The number of carbonyl (C=O) groups is 1. The molecule has 0 bridgehead atoms. The molecule has 1 aliphatic carbocycles. The van der Waals surface area contributed by atoms with Crippen LogP contribution in [-0.4, -0.2) is 78.2 Å². The molecule has 1 amide bonds. The average molecular weight is 471 g/mol. The normalized spacial score (nSPS) is 23.8. The summed E-state index contributed by atoms with van der Waals surface area (Å²) in [6.45, 7) is 4.40. The first kappa shape index (κ1) is 24.3. The topological polar surface area (TPSA) is 62.2 Å². The number of benzene rings is 1. The van der Waals surface area contributed by atoms with Gasteiger partial charge in [-0.05, 0) is 43.4 Å². The molecule has 0 unspecified atom stereocenters. The molecule has 9 heteroatoms. The smallest absolute Gasteiger partial charge is 0.406 e. The van der Waals surface area contributed by atoms with Gasteiger partial charge in [0.25, 0.3) is 0 Å². The molecule has 0 aromatic heterocycles. The molecule has 1 N–H and O–H groups in total. The lowest BCUT2D eigenvalue weighted by atomic mass is 9.72. The number of nitrogens with zero attached hydrogens (tertiary/aromatic N) is 2. The van der Waals surface area contributed by atoms with Gasteiger partial charge in [0.15, 0.2) is 0 Å². The number of hydrogen-bond donors (Lipinski definition) is 1. The fraction of sp³-hybridized carbons (Fsp3) is 0.708. The standard InChI is InChI=1S/C24H33F3N2O4/c25-24(26,27)33-20-6-4-5-18(17-20)21(23(31)9-2-1-3-10-23)22(30)29-11-7-19(8-12-29)28-13-15-32-16-14-28/h4-6,17,19,21,31H,1-3,7-16H2/t21-/m1/s1. The summed E-state index contributed by atoms with van der Waals surface area (Å²) in [5, 5.41) is 11.5. The van der Waals surface area contributed by atoms with Crippen LogP contribution in [0.2, 0.25) is 0 Å². The highest BCUT2D eigenvalue weighted by molar-refractivity contribution is 5.85. The number of hydrogen-bond acceptors (Lipinski definition) is 5. The zero-order valence-corrected chi connectivity index (χ0v) is 18.9. The third-order valence-corrected chi connectivity index (χ3v) is 7.27. The lowest BCUT2D eigenvalue weighted by Gasteiger charge is -2.44. The number of alkyl halides is 3. The summed E-state index contributed by atoms with van der Waals surface area (Å²) < 4.78 is 47.9. The van der Waals surface area contributed by atoms with Crippen molar-refractivity contribution in [1.82, 2.24) is 9.80 Å². The second-order valence-corrected chi connectivity index (χ2v) is 9.42. The van der Waals surface area contributed by atoms with Crippen LogP contribution in [0.5, 0.6) is 5.75 Å². The molecule has 1 aromatic carbocycles. The Labute approximate surface area is 192 Å². The molecule has 4 rings (SSSR count). The molecular formula is C24H33F3N2O4.